The van der Waals surface area contributed by atoms with Crippen molar-refractivity contribution in [2.24, 2.45) is 0 Å². The second-order valence-corrected chi connectivity index (χ2v) is 9.64. The number of hydrogen-bond acceptors (Lipinski definition) is 4. The number of carbonyl (C=O) groups is 1. The number of benzene rings is 2. The van der Waals surface area contributed by atoms with Gasteiger partial charge in [-0.25, -0.2) is 14.1 Å². The van der Waals surface area contributed by atoms with E-state index in [1.807, 2.05) is 17.0 Å². The molecule has 0 spiro atoms. The van der Waals surface area contributed by atoms with E-state index in [9.17, 15) is 9.18 Å². The number of halogens is 1. The standard InChI is InChI=1S/C25H23FN4OS/c26-18-7-1-3-9-21(18)30-20-10-5-6-17(20)23(28-30)25(31)29-14-12-16(13-15-29)24-27-19-8-2-4-11-22(19)32-24/h1-4,7-9,11,16H,5-6,10,12-15H2. The number of amides is 1. The minimum Gasteiger partial charge on any atom is -0.337 e. The zero-order valence-corrected chi connectivity index (χ0v) is 18.4. The van der Waals surface area contributed by atoms with Crippen LogP contribution in [-0.2, 0) is 12.8 Å². The van der Waals surface area contributed by atoms with Crippen molar-refractivity contribution in [3.05, 3.63) is 76.3 Å². The normalized spacial score (nSPS) is 16.6. The molecular formula is C25H23FN4OS. The number of aromatic nitrogens is 3. The smallest absolute Gasteiger partial charge is 0.274 e. The largest absolute Gasteiger partial charge is 0.337 e. The maximum atomic E-state index is 14.4. The lowest BCUT2D eigenvalue weighted by molar-refractivity contribution is 0.0705. The maximum absolute atomic E-state index is 14.4. The molecule has 1 fully saturated rings. The lowest BCUT2D eigenvalue weighted by Crippen LogP contribution is -2.38. The SMILES string of the molecule is O=C(c1nn(-c2ccccc2F)c2c1CCC2)N1CCC(c2nc3ccccc3s2)CC1. The summed E-state index contributed by atoms with van der Waals surface area (Å²) in [5.74, 6) is 0.0412. The van der Waals surface area contributed by atoms with Gasteiger partial charge in [0.2, 0.25) is 0 Å². The van der Waals surface area contributed by atoms with Gasteiger partial charge in [-0.1, -0.05) is 24.3 Å². The molecule has 1 aliphatic carbocycles. The Balaban J connectivity index is 1.23. The molecule has 7 heteroatoms. The van der Waals surface area contributed by atoms with Gasteiger partial charge in [0.15, 0.2) is 5.69 Å². The van der Waals surface area contributed by atoms with Crippen molar-refractivity contribution in [2.45, 2.75) is 38.0 Å². The predicted molar refractivity (Wildman–Crippen MR) is 123 cm³/mol. The second kappa shape index (κ2) is 7.81. The zero-order valence-electron chi connectivity index (χ0n) is 17.6. The Bertz CT molecular complexity index is 1290. The third-order valence-corrected chi connectivity index (χ3v) is 7.85. The summed E-state index contributed by atoms with van der Waals surface area (Å²) in [6.45, 7) is 1.39. The number of nitrogens with zero attached hydrogens (tertiary/aromatic N) is 4. The lowest BCUT2D eigenvalue weighted by Gasteiger charge is -2.30. The van der Waals surface area contributed by atoms with E-state index in [0.29, 0.717) is 30.4 Å². The van der Waals surface area contributed by atoms with Crippen LogP contribution in [0.2, 0.25) is 0 Å². The zero-order chi connectivity index (χ0) is 21.7. The van der Waals surface area contributed by atoms with E-state index in [1.54, 1.807) is 34.2 Å². The Labute approximate surface area is 189 Å². The molecule has 0 bridgehead atoms. The first-order valence-electron chi connectivity index (χ1n) is 11.2. The van der Waals surface area contributed by atoms with E-state index in [4.69, 9.17) is 4.98 Å². The van der Waals surface area contributed by atoms with Crippen LogP contribution in [0.5, 0.6) is 0 Å². The predicted octanol–water partition coefficient (Wildman–Crippen LogP) is 5.13. The minimum absolute atomic E-state index is 0.0269. The summed E-state index contributed by atoms with van der Waals surface area (Å²) in [4.78, 5) is 20.2. The summed E-state index contributed by atoms with van der Waals surface area (Å²) in [6, 6.07) is 14.9. The Hall–Kier alpha value is -3.06. The van der Waals surface area contributed by atoms with Crippen LogP contribution in [0.4, 0.5) is 4.39 Å². The number of fused-ring (bicyclic) bond motifs is 2. The molecule has 32 heavy (non-hydrogen) atoms. The number of rotatable bonds is 3. The van der Waals surface area contributed by atoms with Crippen molar-refractivity contribution < 1.29 is 9.18 Å². The summed E-state index contributed by atoms with van der Waals surface area (Å²) in [6.07, 6.45) is 4.43. The van der Waals surface area contributed by atoms with Gasteiger partial charge in [-0.3, -0.25) is 4.79 Å². The first-order valence-corrected chi connectivity index (χ1v) is 12.0. The van der Waals surface area contributed by atoms with Gasteiger partial charge in [0, 0.05) is 30.3 Å². The van der Waals surface area contributed by atoms with Gasteiger partial charge in [-0.05, 0) is 56.4 Å². The molecule has 0 unspecified atom stereocenters. The number of para-hydroxylation sites is 2. The molecule has 3 heterocycles. The molecule has 0 saturated carbocycles. The van der Waals surface area contributed by atoms with E-state index in [2.05, 4.69) is 17.2 Å². The van der Waals surface area contributed by atoms with E-state index < -0.39 is 0 Å². The summed E-state index contributed by atoms with van der Waals surface area (Å²) in [5.41, 5.74) is 3.94. The molecule has 162 valence electrons. The highest BCUT2D eigenvalue weighted by atomic mass is 32.1. The number of carbonyl (C=O) groups excluding carboxylic acids is 1. The van der Waals surface area contributed by atoms with Crippen molar-refractivity contribution in [3.63, 3.8) is 0 Å². The van der Waals surface area contributed by atoms with Crippen LogP contribution in [0.15, 0.2) is 48.5 Å². The van der Waals surface area contributed by atoms with Gasteiger partial charge >= 0.3 is 0 Å². The van der Waals surface area contributed by atoms with E-state index in [0.717, 1.165) is 48.9 Å². The molecule has 1 saturated heterocycles. The summed E-state index contributed by atoms with van der Waals surface area (Å²) in [7, 11) is 0. The van der Waals surface area contributed by atoms with Crippen LogP contribution in [0, 0.1) is 5.82 Å². The molecule has 1 amide bonds. The van der Waals surface area contributed by atoms with Crippen molar-refractivity contribution in [3.8, 4) is 5.69 Å². The third kappa shape index (κ3) is 3.23. The van der Waals surface area contributed by atoms with Crippen LogP contribution < -0.4 is 0 Å². The fourth-order valence-corrected chi connectivity index (χ4v) is 6.11. The number of likely N-dealkylation sites (tertiary alicyclic amines) is 1. The van der Waals surface area contributed by atoms with Crippen LogP contribution in [-0.4, -0.2) is 38.7 Å². The van der Waals surface area contributed by atoms with E-state index in [1.165, 1.54) is 15.8 Å². The number of piperidine rings is 1. The maximum Gasteiger partial charge on any atom is 0.274 e. The molecule has 4 aromatic rings. The Kier molecular flexibility index (Phi) is 4.79. The highest BCUT2D eigenvalue weighted by Gasteiger charge is 2.32. The molecule has 5 nitrogen and oxygen atoms in total. The molecule has 1 aliphatic heterocycles. The molecule has 2 aromatic heterocycles. The summed E-state index contributed by atoms with van der Waals surface area (Å²) in [5, 5.41) is 5.79. The van der Waals surface area contributed by atoms with Crippen LogP contribution in [0.1, 0.15) is 51.9 Å². The molecule has 0 atom stereocenters. The first-order chi connectivity index (χ1) is 15.7. The minimum atomic E-state index is -0.319. The first kappa shape index (κ1) is 19.6. The summed E-state index contributed by atoms with van der Waals surface area (Å²) < 4.78 is 17.3. The molecule has 6 rings (SSSR count). The molecule has 0 radical (unpaired) electrons. The average molecular weight is 447 g/mol. The van der Waals surface area contributed by atoms with E-state index >= 15 is 0 Å². The van der Waals surface area contributed by atoms with Crippen LogP contribution in [0.3, 0.4) is 0 Å². The molecule has 2 aromatic carbocycles. The van der Waals surface area contributed by atoms with Crippen molar-refractivity contribution >= 4 is 27.5 Å². The Morgan fingerprint density at radius 3 is 2.62 bits per heavy atom. The highest BCUT2D eigenvalue weighted by Crippen LogP contribution is 2.35. The van der Waals surface area contributed by atoms with Crippen LogP contribution >= 0.6 is 11.3 Å². The quantitative estimate of drug-likeness (QED) is 0.438. The highest BCUT2D eigenvalue weighted by molar-refractivity contribution is 7.18. The number of hydrogen-bond donors (Lipinski definition) is 0. The van der Waals surface area contributed by atoms with Crippen molar-refractivity contribution in [2.75, 3.05) is 13.1 Å². The fraction of sp³-hybridized carbons (Fsp3) is 0.320. The Morgan fingerprint density at radius 1 is 1.03 bits per heavy atom. The van der Waals surface area contributed by atoms with Gasteiger partial charge in [-0.15, -0.1) is 11.3 Å². The van der Waals surface area contributed by atoms with Gasteiger partial charge in [0.1, 0.15) is 11.5 Å². The number of thiazole rings is 1. The fourth-order valence-electron chi connectivity index (χ4n) is 4.98. The van der Waals surface area contributed by atoms with Gasteiger partial charge in [0.25, 0.3) is 5.91 Å². The van der Waals surface area contributed by atoms with Crippen molar-refractivity contribution in [1.82, 2.24) is 19.7 Å². The third-order valence-electron chi connectivity index (χ3n) is 6.66. The monoisotopic (exact) mass is 446 g/mol. The van der Waals surface area contributed by atoms with Gasteiger partial charge in [-0.2, -0.15) is 5.10 Å². The Morgan fingerprint density at radius 2 is 1.81 bits per heavy atom. The molecule has 2 aliphatic rings. The second-order valence-electron chi connectivity index (χ2n) is 8.58. The lowest BCUT2D eigenvalue weighted by atomic mass is 9.97. The van der Waals surface area contributed by atoms with Gasteiger partial charge in [0.05, 0.1) is 15.2 Å². The van der Waals surface area contributed by atoms with Crippen LogP contribution in [0.25, 0.3) is 15.9 Å². The molecular weight excluding hydrogens is 423 g/mol. The molecule has 0 N–H and O–H groups in total. The van der Waals surface area contributed by atoms with E-state index in [-0.39, 0.29) is 11.7 Å². The summed E-state index contributed by atoms with van der Waals surface area (Å²) >= 11 is 1.76. The topological polar surface area (TPSA) is 51.0 Å². The average Bonchev–Trinajstić information content (AvgIpc) is 3.54. The van der Waals surface area contributed by atoms with Gasteiger partial charge < -0.3 is 4.90 Å². The van der Waals surface area contributed by atoms with Crippen molar-refractivity contribution in [1.29, 1.82) is 0 Å².